The zero-order chi connectivity index (χ0) is 23.0. The van der Waals surface area contributed by atoms with E-state index in [1.165, 1.54) is 24.3 Å². The summed E-state index contributed by atoms with van der Waals surface area (Å²) >= 11 is 5.70. The van der Waals surface area contributed by atoms with Gasteiger partial charge in [-0.05, 0) is 30.7 Å². The second-order valence-electron chi connectivity index (χ2n) is 7.52. The summed E-state index contributed by atoms with van der Waals surface area (Å²) in [5.74, 6) is -1.87. The highest BCUT2D eigenvalue weighted by Crippen LogP contribution is 2.35. The van der Waals surface area contributed by atoms with Gasteiger partial charge in [0.1, 0.15) is 17.0 Å². The van der Waals surface area contributed by atoms with Gasteiger partial charge in [-0.1, -0.05) is 17.7 Å². The molecule has 2 atom stereocenters. The van der Waals surface area contributed by atoms with Crippen LogP contribution in [-0.4, -0.2) is 53.2 Å². The third-order valence-corrected chi connectivity index (χ3v) is 5.53. The Morgan fingerprint density at radius 2 is 2.22 bits per heavy atom. The van der Waals surface area contributed by atoms with Gasteiger partial charge >= 0.3 is 6.03 Å². The lowest BCUT2D eigenvalue weighted by Gasteiger charge is -2.31. The number of rotatable bonds is 6. The molecule has 11 heteroatoms. The standard InChI is InChI=1S/C21H20ClFN4O5/c1-11(22)24-8-7-13-4-6-15(32-13)21(19(29)25-20(30)26-21)10-27-9-12-3-5-14(31-2)17(23)16(12)18(27)28/h3,5-8,13H,4,9-10H2,1-2H3,(H2,25,26,29,30)/b8-7-,24-11?/t13?,21-/m0/s1. The van der Waals surface area contributed by atoms with Crippen LogP contribution in [0.5, 0.6) is 5.75 Å². The van der Waals surface area contributed by atoms with Gasteiger partial charge in [-0.15, -0.1) is 0 Å². The van der Waals surface area contributed by atoms with Gasteiger partial charge in [0.2, 0.25) is 0 Å². The van der Waals surface area contributed by atoms with Crippen LogP contribution in [0.3, 0.4) is 0 Å². The summed E-state index contributed by atoms with van der Waals surface area (Å²) in [4.78, 5) is 43.1. The van der Waals surface area contributed by atoms with Gasteiger partial charge in [-0.25, -0.2) is 14.2 Å². The highest BCUT2D eigenvalue weighted by atomic mass is 35.5. The Morgan fingerprint density at radius 1 is 1.44 bits per heavy atom. The fraction of sp³-hybridized carbons (Fsp3) is 0.333. The first-order valence-electron chi connectivity index (χ1n) is 9.77. The van der Waals surface area contributed by atoms with Gasteiger partial charge in [0.15, 0.2) is 17.1 Å². The molecule has 3 aliphatic heterocycles. The van der Waals surface area contributed by atoms with E-state index in [9.17, 15) is 18.8 Å². The molecule has 1 aromatic rings. The Bertz CT molecular complexity index is 1100. The third kappa shape index (κ3) is 3.70. The SMILES string of the molecule is COc1ccc2c(c1F)C(=O)N(C[C@@]1(C3=CCC(/C=C\N=C(C)Cl)O3)NC(=O)NC1=O)C2. The van der Waals surface area contributed by atoms with Crippen molar-refractivity contribution in [2.45, 2.75) is 31.5 Å². The smallest absolute Gasteiger partial charge is 0.322 e. The number of amides is 4. The summed E-state index contributed by atoms with van der Waals surface area (Å²) in [7, 11) is 1.31. The Hall–Kier alpha value is -3.40. The third-order valence-electron chi connectivity index (χ3n) is 5.43. The molecule has 168 valence electrons. The van der Waals surface area contributed by atoms with Crippen LogP contribution in [-0.2, 0) is 16.1 Å². The van der Waals surface area contributed by atoms with Crippen LogP contribution in [0.4, 0.5) is 9.18 Å². The molecule has 0 aromatic heterocycles. The Balaban J connectivity index is 1.59. The quantitative estimate of drug-likeness (QED) is 0.497. The molecule has 0 saturated carbocycles. The number of hydrogen-bond donors (Lipinski definition) is 2. The van der Waals surface area contributed by atoms with Crippen molar-refractivity contribution in [1.82, 2.24) is 15.5 Å². The minimum atomic E-state index is -1.64. The molecule has 1 saturated heterocycles. The molecule has 0 spiro atoms. The fourth-order valence-electron chi connectivity index (χ4n) is 3.94. The number of nitrogens with zero attached hydrogens (tertiary/aromatic N) is 2. The molecule has 1 unspecified atom stereocenters. The first-order valence-corrected chi connectivity index (χ1v) is 10.1. The van der Waals surface area contributed by atoms with Crippen molar-refractivity contribution >= 4 is 34.6 Å². The number of nitrogens with one attached hydrogen (secondary N) is 2. The molecule has 0 bridgehead atoms. The molecular weight excluding hydrogens is 443 g/mol. The van der Waals surface area contributed by atoms with E-state index in [4.69, 9.17) is 21.1 Å². The molecule has 0 radical (unpaired) electrons. The number of fused-ring (bicyclic) bond motifs is 1. The maximum absolute atomic E-state index is 14.7. The van der Waals surface area contributed by atoms with E-state index in [1.54, 1.807) is 25.1 Å². The molecular formula is C21H20ClFN4O5. The number of aliphatic imine (C=N–C) groups is 1. The van der Waals surface area contributed by atoms with Crippen LogP contribution in [0.15, 0.2) is 41.2 Å². The summed E-state index contributed by atoms with van der Waals surface area (Å²) in [6, 6.07) is 2.33. The second-order valence-corrected chi connectivity index (χ2v) is 8.07. The van der Waals surface area contributed by atoms with E-state index in [0.717, 1.165) is 0 Å². The minimum Gasteiger partial charge on any atom is -0.494 e. The molecule has 32 heavy (non-hydrogen) atoms. The Kier molecular flexibility index (Phi) is 5.64. The van der Waals surface area contributed by atoms with Crippen LogP contribution in [0.1, 0.15) is 29.3 Å². The van der Waals surface area contributed by atoms with Gasteiger partial charge < -0.3 is 19.7 Å². The zero-order valence-corrected chi connectivity index (χ0v) is 18.0. The van der Waals surface area contributed by atoms with Crippen molar-refractivity contribution in [3.63, 3.8) is 0 Å². The highest BCUT2D eigenvalue weighted by molar-refractivity contribution is 6.64. The van der Waals surface area contributed by atoms with Gasteiger partial charge in [-0.3, -0.25) is 14.9 Å². The van der Waals surface area contributed by atoms with Crippen molar-refractivity contribution in [3.05, 3.63) is 53.2 Å². The molecule has 3 aliphatic rings. The monoisotopic (exact) mass is 462 g/mol. The molecule has 1 fully saturated rings. The van der Waals surface area contributed by atoms with Gasteiger partial charge in [0.05, 0.1) is 19.2 Å². The van der Waals surface area contributed by atoms with Gasteiger partial charge in [-0.2, -0.15) is 0 Å². The fourth-order valence-corrected chi connectivity index (χ4v) is 3.99. The number of ether oxygens (including phenoxy) is 2. The first-order chi connectivity index (χ1) is 15.2. The average Bonchev–Trinajstić information content (AvgIpc) is 3.40. The highest BCUT2D eigenvalue weighted by Gasteiger charge is 2.54. The number of halogens is 2. The number of benzene rings is 1. The largest absolute Gasteiger partial charge is 0.494 e. The van der Waals surface area contributed by atoms with Gasteiger partial charge in [0.25, 0.3) is 11.8 Å². The van der Waals surface area contributed by atoms with Crippen LogP contribution in [0, 0.1) is 5.82 Å². The topological polar surface area (TPSA) is 109 Å². The number of methoxy groups -OCH3 is 1. The predicted octanol–water partition coefficient (Wildman–Crippen LogP) is 2.21. The number of carbonyl (C=O) groups is 3. The maximum Gasteiger partial charge on any atom is 0.322 e. The Morgan fingerprint density at radius 3 is 2.88 bits per heavy atom. The summed E-state index contributed by atoms with van der Waals surface area (Å²) < 4.78 is 25.5. The van der Waals surface area contributed by atoms with Crippen LogP contribution in [0.25, 0.3) is 0 Å². The maximum atomic E-state index is 14.7. The number of urea groups is 1. The molecule has 2 N–H and O–H groups in total. The Labute approximate surface area is 187 Å². The summed E-state index contributed by atoms with van der Waals surface area (Å²) in [5.41, 5.74) is -1.28. The van der Waals surface area contributed by atoms with Crippen molar-refractivity contribution in [1.29, 1.82) is 0 Å². The van der Waals surface area contributed by atoms with E-state index in [0.29, 0.717) is 17.2 Å². The lowest BCUT2D eigenvalue weighted by molar-refractivity contribution is -0.124. The van der Waals surface area contributed by atoms with Crippen molar-refractivity contribution < 1.29 is 28.2 Å². The van der Waals surface area contributed by atoms with Gasteiger partial charge in [0, 0.05) is 19.2 Å². The van der Waals surface area contributed by atoms with Crippen LogP contribution in [0.2, 0.25) is 0 Å². The molecule has 9 nitrogen and oxygen atoms in total. The van der Waals surface area contributed by atoms with E-state index in [2.05, 4.69) is 15.6 Å². The number of carbonyl (C=O) groups excluding carboxylic acids is 3. The number of hydrogen-bond acceptors (Lipinski definition) is 6. The lowest BCUT2D eigenvalue weighted by atomic mass is 9.95. The summed E-state index contributed by atoms with van der Waals surface area (Å²) in [5, 5.41) is 5.13. The van der Waals surface area contributed by atoms with Crippen molar-refractivity contribution in [2.24, 2.45) is 4.99 Å². The van der Waals surface area contributed by atoms with Crippen molar-refractivity contribution in [2.75, 3.05) is 13.7 Å². The molecule has 4 rings (SSSR count). The average molecular weight is 463 g/mol. The van der Waals surface area contributed by atoms with E-state index in [-0.39, 0.29) is 30.2 Å². The van der Waals surface area contributed by atoms with Crippen LogP contribution < -0.4 is 15.4 Å². The zero-order valence-electron chi connectivity index (χ0n) is 17.3. The first kappa shape index (κ1) is 21.8. The predicted molar refractivity (Wildman–Crippen MR) is 113 cm³/mol. The van der Waals surface area contributed by atoms with Crippen LogP contribution >= 0.6 is 11.6 Å². The molecule has 4 amide bonds. The van der Waals surface area contributed by atoms with E-state index in [1.807, 2.05) is 0 Å². The van der Waals surface area contributed by atoms with E-state index < -0.39 is 35.3 Å². The minimum absolute atomic E-state index is 0.0492. The summed E-state index contributed by atoms with van der Waals surface area (Å²) in [6.45, 7) is 1.46. The number of imide groups is 1. The van der Waals surface area contributed by atoms with Crippen molar-refractivity contribution in [3.8, 4) is 5.75 Å². The normalized spacial score (nSPS) is 25.1. The van der Waals surface area contributed by atoms with E-state index >= 15 is 0 Å². The second kappa shape index (κ2) is 8.27. The molecule has 0 aliphatic carbocycles. The lowest BCUT2D eigenvalue weighted by Crippen LogP contribution is -2.57. The molecule has 3 heterocycles. The summed E-state index contributed by atoms with van der Waals surface area (Å²) in [6.07, 6.45) is 4.82. The molecule has 1 aromatic carbocycles.